The summed E-state index contributed by atoms with van der Waals surface area (Å²) >= 11 is 0. The second-order valence-corrected chi connectivity index (χ2v) is 7.64. The van der Waals surface area contributed by atoms with Gasteiger partial charge in [0, 0.05) is 5.69 Å². The number of nitrogens with one attached hydrogen (secondary N) is 2. The van der Waals surface area contributed by atoms with Crippen LogP contribution in [0.3, 0.4) is 0 Å². The predicted molar refractivity (Wildman–Crippen MR) is 95.7 cm³/mol. The number of carbonyl (C=O) groups excluding carboxylic acids is 1. The molecule has 0 unspecified atom stereocenters. The van der Waals surface area contributed by atoms with Crippen LogP contribution in [0.2, 0.25) is 0 Å². The second kappa shape index (κ2) is 7.48. The number of nitrogens with zero attached hydrogens (tertiary/aromatic N) is 4. The van der Waals surface area contributed by atoms with Crippen molar-refractivity contribution in [3.8, 4) is 5.69 Å². The molecule has 2 aromatic heterocycles. The third kappa shape index (κ3) is 3.92. The molecule has 3 aromatic rings. The maximum Gasteiger partial charge on any atom is 0.246 e. The van der Waals surface area contributed by atoms with Gasteiger partial charge in [0.15, 0.2) is 11.6 Å². The van der Waals surface area contributed by atoms with Crippen molar-refractivity contribution < 1.29 is 22.1 Å². The maximum atomic E-state index is 14.2. The average Bonchev–Trinajstić information content (AvgIpc) is 3.24. The summed E-state index contributed by atoms with van der Waals surface area (Å²) in [4.78, 5) is 16.0. The third-order valence-corrected chi connectivity index (χ3v) is 5.63. The number of hydrogen-bond acceptors (Lipinski definition) is 7. The van der Waals surface area contributed by atoms with E-state index in [9.17, 15) is 17.6 Å². The van der Waals surface area contributed by atoms with Gasteiger partial charge in [-0.3, -0.25) is 4.79 Å². The highest BCUT2D eigenvalue weighted by Crippen LogP contribution is 2.20. The van der Waals surface area contributed by atoms with E-state index < -0.39 is 27.8 Å². The molecule has 2 heterocycles. The lowest BCUT2D eigenvalue weighted by Gasteiger charge is -2.15. The summed E-state index contributed by atoms with van der Waals surface area (Å²) in [5.74, 6) is -1.18. The lowest BCUT2D eigenvalue weighted by Crippen LogP contribution is -2.41. The van der Waals surface area contributed by atoms with E-state index in [4.69, 9.17) is 4.52 Å². The lowest BCUT2D eigenvalue weighted by molar-refractivity contribution is -0.117. The monoisotopic (exact) mass is 408 g/mol. The Morgan fingerprint density at radius 3 is 2.64 bits per heavy atom. The highest BCUT2D eigenvalue weighted by atomic mass is 32.2. The van der Waals surface area contributed by atoms with Gasteiger partial charge >= 0.3 is 0 Å². The van der Waals surface area contributed by atoms with Crippen LogP contribution in [0.15, 0.2) is 40.3 Å². The minimum atomic E-state index is -4.02. The van der Waals surface area contributed by atoms with Crippen LogP contribution in [-0.4, -0.2) is 40.3 Å². The molecule has 0 spiro atoms. The van der Waals surface area contributed by atoms with Gasteiger partial charge in [0.25, 0.3) is 0 Å². The van der Waals surface area contributed by atoms with Crippen molar-refractivity contribution in [3.05, 3.63) is 48.1 Å². The zero-order chi connectivity index (χ0) is 20.5. The van der Waals surface area contributed by atoms with Crippen LogP contribution >= 0.6 is 0 Å². The molecule has 12 heteroatoms. The molecular formula is C16H17FN6O4S. The van der Waals surface area contributed by atoms with Gasteiger partial charge in [-0.1, -0.05) is 5.16 Å². The van der Waals surface area contributed by atoms with Crippen molar-refractivity contribution in [2.24, 2.45) is 0 Å². The van der Waals surface area contributed by atoms with Crippen molar-refractivity contribution in [2.75, 3.05) is 5.32 Å². The summed E-state index contributed by atoms with van der Waals surface area (Å²) in [5.41, 5.74) is 0.501. The second-order valence-electron chi connectivity index (χ2n) is 5.99. The number of aryl methyl sites for hydroxylation is 2. The van der Waals surface area contributed by atoms with E-state index in [2.05, 4.69) is 25.3 Å². The number of carbonyl (C=O) groups is 1. The lowest BCUT2D eigenvalue weighted by atomic mass is 10.2. The molecule has 3 rings (SSSR count). The molecule has 0 radical (unpaired) electrons. The summed E-state index contributed by atoms with van der Waals surface area (Å²) in [6.45, 7) is 4.30. The van der Waals surface area contributed by atoms with Crippen molar-refractivity contribution in [2.45, 2.75) is 31.7 Å². The fourth-order valence-electron chi connectivity index (χ4n) is 2.56. The first-order valence-electron chi connectivity index (χ1n) is 8.09. The van der Waals surface area contributed by atoms with E-state index in [1.54, 1.807) is 0 Å². The largest absolute Gasteiger partial charge is 0.360 e. The van der Waals surface area contributed by atoms with Gasteiger partial charge in [0.05, 0.1) is 6.04 Å². The summed E-state index contributed by atoms with van der Waals surface area (Å²) in [7, 11) is -4.02. The SMILES string of the molecule is Cc1noc(C)c1S(=O)(=O)N[C@@H](C)C(=O)Nc1ccc(-n2cncn2)c(F)c1. The van der Waals surface area contributed by atoms with Crippen molar-refractivity contribution in [1.29, 1.82) is 0 Å². The zero-order valence-corrected chi connectivity index (χ0v) is 16.0. The van der Waals surface area contributed by atoms with E-state index in [-0.39, 0.29) is 27.7 Å². The van der Waals surface area contributed by atoms with E-state index in [0.717, 1.165) is 6.07 Å². The van der Waals surface area contributed by atoms with Gasteiger partial charge in [-0.2, -0.15) is 9.82 Å². The van der Waals surface area contributed by atoms with Gasteiger partial charge in [-0.25, -0.2) is 22.5 Å². The highest BCUT2D eigenvalue weighted by Gasteiger charge is 2.28. The van der Waals surface area contributed by atoms with Crippen LogP contribution in [0.1, 0.15) is 18.4 Å². The van der Waals surface area contributed by atoms with E-state index in [0.29, 0.717) is 0 Å². The molecule has 2 N–H and O–H groups in total. The molecule has 1 amide bonds. The van der Waals surface area contributed by atoms with Crippen LogP contribution in [0.4, 0.5) is 10.1 Å². The molecule has 0 fully saturated rings. The molecule has 0 saturated carbocycles. The van der Waals surface area contributed by atoms with Gasteiger partial charge in [-0.05, 0) is 39.0 Å². The molecule has 0 aliphatic carbocycles. The number of halogens is 1. The number of hydrogen-bond donors (Lipinski definition) is 2. The van der Waals surface area contributed by atoms with Gasteiger partial charge in [-0.15, -0.1) is 0 Å². The summed E-state index contributed by atoms with van der Waals surface area (Å²) in [5, 5.41) is 9.89. The Labute approximate surface area is 159 Å². The topological polar surface area (TPSA) is 132 Å². The predicted octanol–water partition coefficient (Wildman–Crippen LogP) is 1.32. The summed E-state index contributed by atoms with van der Waals surface area (Å²) in [6.07, 6.45) is 2.60. The smallest absolute Gasteiger partial charge is 0.246 e. The van der Waals surface area contributed by atoms with E-state index in [1.165, 1.54) is 50.2 Å². The van der Waals surface area contributed by atoms with Crippen molar-refractivity contribution in [3.63, 3.8) is 0 Å². The van der Waals surface area contributed by atoms with Gasteiger partial charge < -0.3 is 9.84 Å². The van der Waals surface area contributed by atoms with Crippen LogP contribution in [-0.2, 0) is 14.8 Å². The number of rotatable bonds is 6. The number of benzene rings is 1. The molecule has 0 aliphatic rings. The Hall–Kier alpha value is -3.12. The first-order valence-corrected chi connectivity index (χ1v) is 9.58. The minimum absolute atomic E-state index is 0.114. The number of aromatic nitrogens is 4. The maximum absolute atomic E-state index is 14.2. The Morgan fingerprint density at radius 1 is 1.32 bits per heavy atom. The fraction of sp³-hybridized carbons (Fsp3) is 0.250. The molecule has 0 aliphatic heterocycles. The van der Waals surface area contributed by atoms with Crippen LogP contribution in [0, 0.1) is 19.7 Å². The number of amides is 1. The molecule has 1 aromatic carbocycles. The summed E-state index contributed by atoms with van der Waals surface area (Å²) in [6, 6.07) is 2.85. The molecule has 0 bridgehead atoms. The summed E-state index contributed by atoms with van der Waals surface area (Å²) < 4.78 is 47.5. The molecule has 10 nitrogen and oxygen atoms in total. The van der Waals surface area contributed by atoms with E-state index in [1.807, 2.05) is 0 Å². The molecule has 28 heavy (non-hydrogen) atoms. The molecule has 0 saturated heterocycles. The number of sulfonamides is 1. The molecule has 1 atom stereocenters. The molecular weight excluding hydrogens is 391 g/mol. The minimum Gasteiger partial charge on any atom is -0.360 e. The standard InChI is InChI=1S/C16H17FN6O4S/c1-9-15(11(3)27-21-9)28(25,26)22-10(2)16(24)20-12-4-5-14(13(17)6-12)23-8-18-7-19-23/h4-8,10,22H,1-3H3,(H,20,24)/t10-/m0/s1. The normalized spacial score (nSPS) is 12.7. The quantitative estimate of drug-likeness (QED) is 0.628. The van der Waals surface area contributed by atoms with Crippen LogP contribution < -0.4 is 10.0 Å². The van der Waals surface area contributed by atoms with Gasteiger partial charge in [0.1, 0.15) is 28.9 Å². The van der Waals surface area contributed by atoms with Crippen molar-refractivity contribution >= 4 is 21.6 Å². The van der Waals surface area contributed by atoms with Crippen molar-refractivity contribution in [1.82, 2.24) is 24.6 Å². The fourth-order valence-corrected chi connectivity index (χ4v) is 4.09. The zero-order valence-electron chi connectivity index (χ0n) is 15.2. The Morgan fingerprint density at radius 2 is 2.07 bits per heavy atom. The number of anilines is 1. The van der Waals surface area contributed by atoms with Crippen LogP contribution in [0.5, 0.6) is 0 Å². The Kier molecular flexibility index (Phi) is 5.25. The average molecular weight is 408 g/mol. The Bertz CT molecular complexity index is 1090. The van der Waals surface area contributed by atoms with Gasteiger partial charge in [0.2, 0.25) is 15.9 Å². The molecule has 148 valence electrons. The van der Waals surface area contributed by atoms with Crippen LogP contribution in [0.25, 0.3) is 5.69 Å². The first kappa shape index (κ1) is 19.6. The Balaban J connectivity index is 1.72. The highest BCUT2D eigenvalue weighted by molar-refractivity contribution is 7.89. The third-order valence-electron chi connectivity index (χ3n) is 3.84. The van der Waals surface area contributed by atoms with E-state index >= 15 is 0 Å². The first-order chi connectivity index (χ1) is 13.2.